The third-order valence-corrected chi connectivity index (χ3v) is 6.51. The van der Waals surface area contributed by atoms with Gasteiger partial charge in [-0.1, -0.05) is 24.8 Å². The second kappa shape index (κ2) is 8.29. The molecular weight excluding hydrogens is 420 g/mol. The van der Waals surface area contributed by atoms with E-state index in [-0.39, 0.29) is 16.8 Å². The van der Waals surface area contributed by atoms with Crippen molar-refractivity contribution >= 4 is 60.6 Å². The number of anilines is 1. The van der Waals surface area contributed by atoms with Crippen molar-refractivity contribution in [1.29, 1.82) is 0 Å². The SMILES string of the molecule is C=Cc1ccc2sc(C(=O)N(C)C)cc2c1/N=C(\N)Nc1cccc(S(C)(=O)=O)c1. The van der Waals surface area contributed by atoms with Crippen molar-refractivity contribution in [2.75, 3.05) is 25.7 Å². The third-order valence-electron chi connectivity index (χ3n) is 4.31. The molecular formula is C21H22N4O3S2. The Morgan fingerprint density at radius 2 is 1.97 bits per heavy atom. The topological polar surface area (TPSA) is 105 Å². The Bertz CT molecular complexity index is 1270. The first kappa shape index (κ1) is 21.5. The number of hydrogen-bond acceptors (Lipinski definition) is 5. The fourth-order valence-corrected chi connectivity index (χ4v) is 4.58. The minimum absolute atomic E-state index is 0.0861. The molecule has 30 heavy (non-hydrogen) atoms. The van der Waals surface area contributed by atoms with Crippen LogP contribution in [0.1, 0.15) is 15.2 Å². The van der Waals surface area contributed by atoms with Crippen molar-refractivity contribution in [2.24, 2.45) is 10.7 Å². The Labute approximate surface area is 179 Å². The average Bonchev–Trinajstić information content (AvgIpc) is 3.11. The standard InChI is InChI=1S/C21H22N4O3S2/c1-5-13-9-10-17-16(12-18(29-17)20(26)25(2)3)19(13)24-21(22)23-14-7-6-8-15(11-14)30(4,27)28/h5-12H,1H2,2-4H3,(H3,22,23,24). The highest BCUT2D eigenvalue weighted by Crippen LogP contribution is 2.36. The number of fused-ring (bicyclic) bond motifs is 1. The zero-order valence-electron chi connectivity index (χ0n) is 16.8. The third kappa shape index (κ3) is 4.52. The molecule has 0 aliphatic heterocycles. The van der Waals surface area contributed by atoms with Crippen molar-refractivity contribution in [3.05, 3.63) is 59.5 Å². The lowest BCUT2D eigenvalue weighted by atomic mass is 10.1. The summed E-state index contributed by atoms with van der Waals surface area (Å²) < 4.78 is 24.4. The van der Waals surface area contributed by atoms with Crippen LogP contribution in [0.5, 0.6) is 0 Å². The molecule has 0 saturated carbocycles. The Hall–Kier alpha value is -3.17. The van der Waals surface area contributed by atoms with E-state index in [4.69, 9.17) is 5.73 Å². The quantitative estimate of drug-likeness (QED) is 0.463. The minimum atomic E-state index is -3.34. The van der Waals surface area contributed by atoms with Gasteiger partial charge >= 0.3 is 0 Å². The molecule has 0 atom stereocenters. The zero-order chi connectivity index (χ0) is 22.1. The van der Waals surface area contributed by atoms with Gasteiger partial charge in [0.1, 0.15) is 0 Å². The fourth-order valence-electron chi connectivity index (χ4n) is 2.83. The molecule has 0 spiro atoms. The first-order valence-corrected chi connectivity index (χ1v) is 11.6. The van der Waals surface area contributed by atoms with Crippen LogP contribution < -0.4 is 11.1 Å². The molecule has 0 radical (unpaired) electrons. The first-order valence-electron chi connectivity index (χ1n) is 8.92. The molecule has 0 bridgehead atoms. The van der Waals surface area contributed by atoms with Crippen LogP contribution in [0.3, 0.4) is 0 Å². The number of guanidine groups is 1. The molecule has 0 saturated heterocycles. The summed E-state index contributed by atoms with van der Waals surface area (Å²) >= 11 is 1.38. The number of carbonyl (C=O) groups is 1. The van der Waals surface area contributed by atoms with Gasteiger partial charge in [0.05, 0.1) is 15.5 Å². The van der Waals surface area contributed by atoms with E-state index in [2.05, 4.69) is 16.9 Å². The summed E-state index contributed by atoms with van der Waals surface area (Å²) in [7, 11) is 0.0633. The molecule has 1 aromatic heterocycles. The normalized spacial score (nSPS) is 12.0. The minimum Gasteiger partial charge on any atom is -0.369 e. The van der Waals surface area contributed by atoms with E-state index in [1.165, 1.54) is 28.4 Å². The number of carbonyl (C=O) groups excluding carboxylic acids is 1. The molecule has 1 heterocycles. The molecule has 156 valence electrons. The van der Waals surface area contributed by atoms with E-state index < -0.39 is 9.84 Å². The molecule has 3 aromatic rings. The van der Waals surface area contributed by atoms with Gasteiger partial charge < -0.3 is 16.0 Å². The van der Waals surface area contributed by atoms with Crippen LogP contribution in [0.4, 0.5) is 11.4 Å². The number of sulfone groups is 1. The predicted molar refractivity (Wildman–Crippen MR) is 124 cm³/mol. The van der Waals surface area contributed by atoms with Gasteiger partial charge in [-0.05, 0) is 30.3 Å². The van der Waals surface area contributed by atoms with Gasteiger partial charge in [0.2, 0.25) is 0 Å². The largest absolute Gasteiger partial charge is 0.369 e. The van der Waals surface area contributed by atoms with Crippen LogP contribution in [0, 0.1) is 0 Å². The van der Waals surface area contributed by atoms with Gasteiger partial charge in [0.25, 0.3) is 5.91 Å². The number of benzene rings is 2. The number of thiophene rings is 1. The highest BCUT2D eigenvalue weighted by molar-refractivity contribution is 7.90. The molecule has 3 N–H and O–H groups in total. The van der Waals surface area contributed by atoms with Crippen LogP contribution in [0.15, 0.2) is 58.9 Å². The average molecular weight is 443 g/mol. The molecule has 0 aliphatic carbocycles. The van der Waals surface area contributed by atoms with Crippen molar-refractivity contribution in [2.45, 2.75) is 4.90 Å². The molecule has 1 amide bonds. The lowest BCUT2D eigenvalue weighted by Crippen LogP contribution is -2.22. The van der Waals surface area contributed by atoms with Crippen LogP contribution in [0.25, 0.3) is 16.2 Å². The number of nitrogens with zero attached hydrogens (tertiary/aromatic N) is 2. The molecule has 0 unspecified atom stereocenters. The zero-order valence-corrected chi connectivity index (χ0v) is 18.5. The molecule has 7 nitrogen and oxygen atoms in total. The number of amides is 1. The maximum atomic E-state index is 12.4. The molecule has 9 heteroatoms. The van der Waals surface area contributed by atoms with Gasteiger partial charge in [-0.2, -0.15) is 0 Å². The number of nitrogens with two attached hydrogens (primary N) is 1. The van der Waals surface area contributed by atoms with Gasteiger partial charge in [-0.15, -0.1) is 11.3 Å². The van der Waals surface area contributed by atoms with E-state index in [9.17, 15) is 13.2 Å². The summed E-state index contributed by atoms with van der Waals surface area (Å²) in [5.41, 5.74) is 7.96. The van der Waals surface area contributed by atoms with E-state index in [1.54, 1.807) is 38.4 Å². The van der Waals surface area contributed by atoms with E-state index in [1.807, 2.05) is 12.1 Å². The van der Waals surface area contributed by atoms with Gasteiger partial charge in [-0.25, -0.2) is 13.4 Å². The Morgan fingerprint density at radius 3 is 2.60 bits per heavy atom. The number of aliphatic imine (C=N–C) groups is 1. The molecule has 2 aromatic carbocycles. The molecule has 3 rings (SSSR count). The molecule has 0 fully saturated rings. The van der Waals surface area contributed by atoms with E-state index >= 15 is 0 Å². The van der Waals surface area contributed by atoms with E-state index in [0.29, 0.717) is 16.3 Å². The monoisotopic (exact) mass is 442 g/mol. The second-order valence-corrected chi connectivity index (χ2v) is 9.95. The molecule has 0 aliphatic rings. The Kier molecular flexibility index (Phi) is 5.95. The lowest BCUT2D eigenvalue weighted by molar-refractivity contribution is 0.0832. The highest BCUT2D eigenvalue weighted by Gasteiger charge is 2.16. The van der Waals surface area contributed by atoms with Gasteiger partial charge in [0, 0.05) is 41.7 Å². The number of nitrogens with one attached hydrogen (secondary N) is 1. The smallest absolute Gasteiger partial charge is 0.263 e. The van der Waals surface area contributed by atoms with Crippen LogP contribution in [-0.2, 0) is 9.84 Å². The first-order chi connectivity index (χ1) is 14.1. The maximum absolute atomic E-state index is 12.4. The lowest BCUT2D eigenvalue weighted by Gasteiger charge is -2.09. The van der Waals surface area contributed by atoms with Crippen molar-refractivity contribution in [1.82, 2.24) is 4.90 Å². The summed E-state index contributed by atoms with van der Waals surface area (Å²) in [6.45, 7) is 3.83. The Morgan fingerprint density at radius 1 is 1.23 bits per heavy atom. The van der Waals surface area contributed by atoms with Gasteiger partial charge in [-0.3, -0.25) is 4.79 Å². The van der Waals surface area contributed by atoms with Crippen LogP contribution in [0.2, 0.25) is 0 Å². The summed E-state index contributed by atoms with van der Waals surface area (Å²) in [5.74, 6) is -0.00194. The predicted octanol–water partition coefficient (Wildman–Crippen LogP) is 3.71. The van der Waals surface area contributed by atoms with Gasteiger partial charge in [0.15, 0.2) is 15.8 Å². The summed E-state index contributed by atoms with van der Waals surface area (Å²) in [6.07, 6.45) is 2.81. The highest BCUT2D eigenvalue weighted by atomic mass is 32.2. The second-order valence-electron chi connectivity index (χ2n) is 6.85. The van der Waals surface area contributed by atoms with Crippen molar-refractivity contribution in [3.63, 3.8) is 0 Å². The van der Waals surface area contributed by atoms with E-state index in [0.717, 1.165) is 21.9 Å². The maximum Gasteiger partial charge on any atom is 0.263 e. The summed E-state index contributed by atoms with van der Waals surface area (Å²) in [5, 5.41) is 3.71. The fraction of sp³-hybridized carbons (Fsp3) is 0.143. The summed E-state index contributed by atoms with van der Waals surface area (Å²) in [6, 6.07) is 11.9. The number of rotatable bonds is 5. The van der Waals surface area contributed by atoms with Crippen molar-refractivity contribution < 1.29 is 13.2 Å². The summed E-state index contributed by atoms with van der Waals surface area (Å²) in [4.78, 5) is 19.2. The Balaban J connectivity index is 2.04. The van der Waals surface area contributed by atoms with Crippen LogP contribution in [-0.4, -0.2) is 45.5 Å². The van der Waals surface area contributed by atoms with Crippen LogP contribution >= 0.6 is 11.3 Å². The number of hydrogen-bond donors (Lipinski definition) is 2. The van der Waals surface area contributed by atoms with Crippen molar-refractivity contribution in [3.8, 4) is 0 Å².